The molecule has 2 aliphatic rings. The second-order valence-electron chi connectivity index (χ2n) is 6.16. The van der Waals surface area contributed by atoms with Crippen LogP contribution in [0.4, 0.5) is 5.69 Å². The zero-order chi connectivity index (χ0) is 13.8. The molecule has 0 bridgehead atoms. The Morgan fingerprint density at radius 3 is 2.55 bits per heavy atom. The van der Waals surface area contributed by atoms with Crippen LogP contribution in [-0.4, -0.2) is 25.2 Å². The van der Waals surface area contributed by atoms with Crippen LogP contribution in [0.5, 0.6) is 5.75 Å². The Bertz CT molecular complexity index is 438. The van der Waals surface area contributed by atoms with Crippen LogP contribution in [0, 0.1) is 0 Å². The predicted octanol–water partition coefficient (Wildman–Crippen LogP) is 3.33. The number of benzene rings is 1. The van der Waals surface area contributed by atoms with Gasteiger partial charge in [-0.1, -0.05) is 37.8 Å². The van der Waals surface area contributed by atoms with Crippen molar-refractivity contribution in [2.75, 3.05) is 24.6 Å². The molecule has 1 aliphatic carbocycles. The molecular weight excluding hydrogens is 248 g/mol. The van der Waals surface area contributed by atoms with Gasteiger partial charge in [0.05, 0.1) is 17.8 Å². The Hall–Kier alpha value is -1.22. The van der Waals surface area contributed by atoms with E-state index < -0.39 is 0 Å². The molecule has 0 unspecified atom stereocenters. The van der Waals surface area contributed by atoms with Gasteiger partial charge >= 0.3 is 0 Å². The van der Waals surface area contributed by atoms with Crippen LogP contribution in [-0.2, 0) is 0 Å². The minimum Gasteiger partial charge on any atom is -0.491 e. The Balaban J connectivity index is 1.97. The van der Waals surface area contributed by atoms with E-state index in [9.17, 15) is 0 Å². The van der Waals surface area contributed by atoms with E-state index in [1.165, 1.54) is 44.2 Å². The topological polar surface area (TPSA) is 38.5 Å². The maximum absolute atomic E-state index is 6.26. The Kier molecular flexibility index (Phi) is 4.16. The molecule has 0 amide bonds. The van der Waals surface area contributed by atoms with Crippen molar-refractivity contribution in [1.82, 2.24) is 0 Å². The van der Waals surface area contributed by atoms with Gasteiger partial charge in [-0.25, -0.2) is 0 Å². The number of rotatable bonds is 2. The molecule has 1 fully saturated rings. The average Bonchev–Trinajstić information content (AvgIpc) is 2.86. The average molecular weight is 274 g/mol. The van der Waals surface area contributed by atoms with E-state index >= 15 is 0 Å². The minimum atomic E-state index is 0.139. The van der Waals surface area contributed by atoms with Gasteiger partial charge in [-0.2, -0.15) is 0 Å². The smallest absolute Gasteiger partial charge is 0.142 e. The van der Waals surface area contributed by atoms with Crippen LogP contribution in [0.15, 0.2) is 24.3 Å². The molecule has 3 heteroatoms. The number of nitrogens with two attached hydrogens (primary N) is 1. The molecule has 110 valence electrons. The highest BCUT2D eigenvalue weighted by molar-refractivity contribution is 5.61. The van der Waals surface area contributed by atoms with Gasteiger partial charge in [0, 0.05) is 13.1 Å². The van der Waals surface area contributed by atoms with Crippen molar-refractivity contribution in [1.29, 1.82) is 0 Å². The summed E-state index contributed by atoms with van der Waals surface area (Å²) < 4.78 is 5.91. The molecule has 0 atom stereocenters. The monoisotopic (exact) mass is 274 g/mol. The van der Waals surface area contributed by atoms with Gasteiger partial charge in [-0.05, 0) is 31.4 Å². The molecule has 0 aromatic heterocycles. The maximum atomic E-state index is 6.26. The first-order valence-corrected chi connectivity index (χ1v) is 8.05. The van der Waals surface area contributed by atoms with Gasteiger partial charge in [0.15, 0.2) is 0 Å². The van der Waals surface area contributed by atoms with Crippen LogP contribution in [0.1, 0.15) is 44.9 Å². The van der Waals surface area contributed by atoms with Crippen LogP contribution >= 0.6 is 0 Å². The van der Waals surface area contributed by atoms with Gasteiger partial charge in [0.1, 0.15) is 5.75 Å². The molecule has 1 heterocycles. The predicted molar refractivity (Wildman–Crippen MR) is 83.4 cm³/mol. The lowest BCUT2D eigenvalue weighted by atomic mass is 9.87. The third-order valence-electron chi connectivity index (χ3n) is 4.93. The summed E-state index contributed by atoms with van der Waals surface area (Å²) in [5.74, 6) is 1.03. The molecular formula is C17H26N2O. The van der Waals surface area contributed by atoms with Crippen molar-refractivity contribution in [2.45, 2.75) is 50.5 Å². The summed E-state index contributed by atoms with van der Waals surface area (Å²) in [7, 11) is 0. The van der Waals surface area contributed by atoms with Gasteiger partial charge < -0.3 is 15.4 Å². The lowest BCUT2D eigenvalue weighted by Gasteiger charge is -2.44. The SMILES string of the molecule is NCC1(N2CCCOc3ccccc32)CCCCCC1. The lowest BCUT2D eigenvalue weighted by Crippen LogP contribution is -2.54. The van der Waals surface area contributed by atoms with E-state index in [0.717, 1.165) is 31.9 Å². The van der Waals surface area contributed by atoms with Gasteiger partial charge in [-0.3, -0.25) is 0 Å². The van der Waals surface area contributed by atoms with Crippen molar-refractivity contribution >= 4 is 5.69 Å². The van der Waals surface area contributed by atoms with Crippen molar-refractivity contribution in [3.05, 3.63) is 24.3 Å². The summed E-state index contributed by atoms with van der Waals surface area (Å²) in [5.41, 5.74) is 7.65. The van der Waals surface area contributed by atoms with Crippen LogP contribution < -0.4 is 15.4 Å². The van der Waals surface area contributed by atoms with Gasteiger partial charge in [0.2, 0.25) is 0 Å². The zero-order valence-electron chi connectivity index (χ0n) is 12.3. The number of para-hydroxylation sites is 2. The Morgan fingerprint density at radius 1 is 1.05 bits per heavy atom. The van der Waals surface area contributed by atoms with Crippen molar-refractivity contribution in [3.63, 3.8) is 0 Å². The van der Waals surface area contributed by atoms with E-state index in [1.54, 1.807) is 0 Å². The molecule has 1 aromatic rings. The molecule has 1 aromatic carbocycles. The summed E-state index contributed by atoms with van der Waals surface area (Å²) in [6.45, 7) is 2.63. The van der Waals surface area contributed by atoms with Crippen molar-refractivity contribution in [3.8, 4) is 5.75 Å². The molecule has 0 saturated heterocycles. The molecule has 3 rings (SSSR count). The highest BCUT2D eigenvalue weighted by atomic mass is 16.5. The van der Waals surface area contributed by atoms with Crippen LogP contribution in [0.25, 0.3) is 0 Å². The molecule has 3 nitrogen and oxygen atoms in total. The fraction of sp³-hybridized carbons (Fsp3) is 0.647. The van der Waals surface area contributed by atoms with Gasteiger partial charge in [0.25, 0.3) is 0 Å². The summed E-state index contributed by atoms with van der Waals surface area (Å²) in [6, 6.07) is 8.46. The third-order valence-corrected chi connectivity index (χ3v) is 4.93. The highest BCUT2D eigenvalue weighted by Gasteiger charge is 2.37. The molecule has 1 aliphatic heterocycles. The van der Waals surface area contributed by atoms with Gasteiger partial charge in [-0.15, -0.1) is 0 Å². The van der Waals surface area contributed by atoms with E-state index in [4.69, 9.17) is 10.5 Å². The fourth-order valence-electron chi connectivity index (χ4n) is 3.79. The number of nitrogens with zero attached hydrogens (tertiary/aromatic N) is 1. The number of ether oxygens (including phenoxy) is 1. The normalized spacial score (nSPS) is 22.4. The van der Waals surface area contributed by atoms with E-state index in [1.807, 2.05) is 0 Å². The van der Waals surface area contributed by atoms with Crippen molar-refractivity contribution < 1.29 is 4.74 Å². The van der Waals surface area contributed by atoms with Crippen LogP contribution in [0.2, 0.25) is 0 Å². The summed E-state index contributed by atoms with van der Waals surface area (Å²) in [6.07, 6.45) is 8.83. The first kappa shape index (κ1) is 13.7. The maximum Gasteiger partial charge on any atom is 0.142 e. The number of anilines is 1. The largest absolute Gasteiger partial charge is 0.491 e. The second kappa shape index (κ2) is 6.04. The number of hydrogen-bond donors (Lipinski definition) is 1. The minimum absolute atomic E-state index is 0.139. The Morgan fingerprint density at radius 2 is 1.80 bits per heavy atom. The van der Waals surface area contributed by atoms with Crippen LogP contribution in [0.3, 0.4) is 0 Å². The van der Waals surface area contributed by atoms with E-state index in [2.05, 4.69) is 29.2 Å². The summed E-state index contributed by atoms with van der Waals surface area (Å²) in [4.78, 5) is 2.57. The fourth-order valence-corrected chi connectivity index (χ4v) is 3.79. The standard InChI is InChI=1S/C17H26N2O/c18-14-17(10-5-1-2-6-11-17)19-12-7-13-20-16-9-4-3-8-15(16)19/h3-4,8-9H,1-2,5-7,10-14,18H2. The second-order valence-corrected chi connectivity index (χ2v) is 6.16. The third kappa shape index (κ3) is 2.51. The summed E-state index contributed by atoms with van der Waals surface area (Å²) >= 11 is 0. The highest BCUT2D eigenvalue weighted by Crippen LogP contribution is 2.40. The lowest BCUT2D eigenvalue weighted by molar-refractivity contribution is 0.317. The quantitative estimate of drug-likeness (QED) is 0.841. The molecule has 0 spiro atoms. The summed E-state index contributed by atoms with van der Waals surface area (Å²) in [5, 5.41) is 0. The zero-order valence-corrected chi connectivity index (χ0v) is 12.3. The number of fused-ring (bicyclic) bond motifs is 1. The van der Waals surface area contributed by atoms with E-state index in [-0.39, 0.29) is 5.54 Å². The first-order chi connectivity index (χ1) is 9.86. The number of hydrogen-bond acceptors (Lipinski definition) is 3. The molecule has 0 radical (unpaired) electrons. The first-order valence-electron chi connectivity index (χ1n) is 8.05. The molecule has 20 heavy (non-hydrogen) atoms. The molecule has 2 N–H and O–H groups in total. The van der Waals surface area contributed by atoms with Crippen molar-refractivity contribution in [2.24, 2.45) is 5.73 Å². The van der Waals surface area contributed by atoms with E-state index in [0.29, 0.717) is 0 Å². The Labute approximate surface area is 122 Å². The molecule has 1 saturated carbocycles.